The number of aryl methyl sites for hydroxylation is 3. The van der Waals surface area contributed by atoms with Crippen molar-refractivity contribution in [1.29, 1.82) is 0 Å². The molecule has 0 aliphatic heterocycles. The molecule has 1 aliphatic rings. The van der Waals surface area contributed by atoms with E-state index in [1.165, 1.54) is 12.1 Å². The highest BCUT2D eigenvalue weighted by atomic mass is 19.1. The van der Waals surface area contributed by atoms with E-state index in [9.17, 15) is 9.50 Å². The molecule has 19 heavy (non-hydrogen) atoms. The molecule has 3 nitrogen and oxygen atoms in total. The SMILES string of the molecule is Cn1cc(CCC2(O)CCc3cc(F)ccc32)cn1. The van der Waals surface area contributed by atoms with Gasteiger partial charge in [0.25, 0.3) is 0 Å². The Bertz CT molecular complexity index is 608. The first-order valence-electron chi connectivity index (χ1n) is 6.56. The Hall–Kier alpha value is -1.68. The highest BCUT2D eigenvalue weighted by molar-refractivity contribution is 5.37. The monoisotopic (exact) mass is 260 g/mol. The normalized spacial score (nSPS) is 21.6. The molecular weight excluding hydrogens is 243 g/mol. The van der Waals surface area contributed by atoms with Gasteiger partial charge in [-0.05, 0) is 54.5 Å². The minimum Gasteiger partial charge on any atom is -0.385 e. The first kappa shape index (κ1) is 12.4. The lowest BCUT2D eigenvalue weighted by Gasteiger charge is -2.23. The molecule has 1 heterocycles. The van der Waals surface area contributed by atoms with E-state index < -0.39 is 5.60 Å². The second kappa shape index (κ2) is 4.46. The number of nitrogens with zero attached hydrogens (tertiary/aromatic N) is 2. The minimum absolute atomic E-state index is 0.227. The van der Waals surface area contributed by atoms with Crippen molar-refractivity contribution in [2.45, 2.75) is 31.3 Å². The molecule has 0 amide bonds. The van der Waals surface area contributed by atoms with E-state index in [2.05, 4.69) is 5.10 Å². The molecule has 0 fully saturated rings. The largest absolute Gasteiger partial charge is 0.385 e. The summed E-state index contributed by atoms with van der Waals surface area (Å²) >= 11 is 0. The highest BCUT2D eigenvalue weighted by Gasteiger charge is 2.36. The molecule has 0 saturated carbocycles. The van der Waals surface area contributed by atoms with Crippen LogP contribution in [0.25, 0.3) is 0 Å². The zero-order valence-electron chi connectivity index (χ0n) is 10.9. The molecule has 1 atom stereocenters. The number of benzene rings is 1. The summed E-state index contributed by atoms with van der Waals surface area (Å²) in [5.74, 6) is -0.227. The fraction of sp³-hybridized carbons (Fsp3) is 0.400. The van der Waals surface area contributed by atoms with Crippen LogP contribution in [-0.4, -0.2) is 14.9 Å². The zero-order valence-corrected chi connectivity index (χ0v) is 10.9. The summed E-state index contributed by atoms with van der Waals surface area (Å²) in [4.78, 5) is 0. The van der Waals surface area contributed by atoms with Crippen LogP contribution < -0.4 is 0 Å². The smallest absolute Gasteiger partial charge is 0.123 e. The van der Waals surface area contributed by atoms with Gasteiger partial charge in [0.15, 0.2) is 0 Å². The lowest BCUT2D eigenvalue weighted by molar-refractivity contribution is 0.0297. The molecule has 0 spiro atoms. The van der Waals surface area contributed by atoms with Gasteiger partial charge in [0.1, 0.15) is 5.82 Å². The van der Waals surface area contributed by atoms with Crippen LogP contribution in [0.2, 0.25) is 0 Å². The number of hydrogen-bond donors (Lipinski definition) is 1. The molecule has 0 radical (unpaired) electrons. The molecule has 1 aromatic heterocycles. The molecule has 100 valence electrons. The molecule has 1 unspecified atom stereocenters. The maximum atomic E-state index is 13.2. The molecule has 1 N–H and O–H groups in total. The van der Waals surface area contributed by atoms with Gasteiger partial charge in [-0.2, -0.15) is 5.10 Å². The Morgan fingerprint density at radius 1 is 1.47 bits per heavy atom. The van der Waals surface area contributed by atoms with Gasteiger partial charge in [-0.1, -0.05) is 6.07 Å². The Kier molecular flexibility index (Phi) is 2.90. The van der Waals surface area contributed by atoms with Crippen LogP contribution in [0.15, 0.2) is 30.6 Å². The maximum absolute atomic E-state index is 13.2. The van der Waals surface area contributed by atoms with Gasteiger partial charge >= 0.3 is 0 Å². The zero-order chi connectivity index (χ0) is 13.5. The van der Waals surface area contributed by atoms with E-state index in [-0.39, 0.29) is 5.82 Å². The van der Waals surface area contributed by atoms with Gasteiger partial charge in [0, 0.05) is 13.2 Å². The maximum Gasteiger partial charge on any atom is 0.123 e. The third kappa shape index (κ3) is 2.28. The predicted octanol–water partition coefficient (Wildman–Crippen LogP) is 2.33. The molecular formula is C15H17FN2O. The van der Waals surface area contributed by atoms with Gasteiger partial charge in [0.2, 0.25) is 0 Å². The van der Waals surface area contributed by atoms with E-state index in [1.807, 2.05) is 19.4 Å². The Morgan fingerprint density at radius 2 is 2.32 bits per heavy atom. The van der Waals surface area contributed by atoms with Crippen molar-refractivity contribution in [2.24, 2.45) is 7.05 Å². The summed E-state index contributed by atoms with van der Waals surface area (Å²) in [5, 5.41) is 14.9. The summed E-state index contributed by atoms with van der Waals surface area (Å²) in [6, 6.07) is 4.69. The van der Waals surface area contributed by atoms with Crippen molar-refractivity contribution in [3.8, 4) is 0 Å². The van der Waals surface area contributed by atoms with Crippen LogP contribution >= 0.6 is 0 Å². The van der Waals surface area contributed by atoms with Crippen molar-refractivity contribution in [3.05, 3.63) is 53.1 Å². The molecule has 0 bridgehead atoms. The number of hydrogen-bond acceptors (Lipinski definition) is 2. The Balaban J connectivity index is 1.78. The molecule has 3 rings (SSSR count). The number of halogens is 1. The van der Waals surface area contributed by atoms with Crippen molar-refractivity contribution >= 4 is 0 Å². The van der Waals surface area contributed by atoms with Crippen molar-refractivity contribution < 1.29 is 9.50 Å². The van der Waals surface area contributed by atoms with E-state index in [0.29, 0.717) is 12.8 Å². The molecule has 4 heteroatoms. The van der Waals surface area contributed by atoms with Crippen LogP contribution in [-0.2, 0) is 25.5 Å². The topological polar surface area (TPSA) is 38.0 Å². The molecule has 1 aliphatic carbocycles. The second-order valence-corrected chi connectivity index (χ2v) is 5.36. The van der Waals surface area contributed by atoms with Gasteiger partial charge in [-0.15, -0.1) is 0 Å². The van der Waals surface area contributed by atoms with E-state index in [0.717, 1.165) is 29.5 Å². The first-order chi connectivity index (χ1) is 9.07. The van der Waals surface area contributed by atoms with Crippen LogP contribution in [0.3, 0.4) is 0 Å². The third-order valence-electron chi connectivity index (χ3n) is 3.96. The van der Waals surface area contributed by atoms with Gasteiger partial charge < -0.3 is 5.11 Å². The summed E-state index contributed by atoms with van der Waals surface area (Å²) < 4.78 is 14.9. The number of rotatable bonds is 3. The molecule has 1 aromatic carbocycles. The lowest BCUT2D eigenvalue weighted by atomic mass is 9.90. The third-order valence-corrected chi connectivity index (χ3v) is 3.96. The van der Waals surface area contributed by atoms with Gasteiger partial charge in [-0.25, -0.2) is 4.39 Å². The van der Waals surface area contributed by atoms with Gasteiger partial charge in [0.05, 0.1) is 11.8 Å². The average Bonchev–Trinajstić information content (AvgIpc) is 2.92. The summed E-state index contributed by atoms with van der Waals surface area (Å²) in [5.41, 5.74) is 2.12. The predicted molar refractivity (Wildman–Crippen MR) is 70.1 cm³/mol. The quantitative estimate of drug-likeness (QED) is 0.919. The van der Waals surface area contributed by atoms with Crippen molar-refractivity contribution in [1.82, 2.24) is 9.78 Å². The minimum atomic E-state index is -0.821. The summed E-state index contributed by atoms with van der Waals surface area (Å²) in [6.45, 7) is 0. The summed E-state index contributed by atoms with van der Waals surface area (Å²) in [7, 11) is 1.88. The van der Waals surface area contributed by atoms with E-state index >= 15 is 0 Å². The van der Waals surface area contributed by atoms with Gasteiger partial charge in [-0.3, -0.25) is 4.68 Å². The van der Waals surface area contributed by atoms with Crippen LogP contribution in [0.4, 0.5) is 4.39 Å². The highest BCUT2D eigenvalue weighted by Crippen LogP contribution is 2.40. The van der Waals surface area contributed by atoms with Crippen LogP contribution in [0.1, 0.15) is 29.5 Å². The summed E-state index contributed by atoms with van der Waals surface area (Å²) in [6.07, 6.45) is 6.63. The Labute approximate surface area is 111 Å². The van der Waals surface area contributed by atoms with Crippen molar-refractivity contribution in [3.63, 3.8) is 0 Å². The lowest BCUT2D eigenvalue weighted by Crippen LogP contribution is -2.23. The second-order valence-electron chi connectivity index (χ2n) is 5.36. The first-order valence-corrected chi connectivity index (χ1v) is 6.56. The molecule has 2 aromatic rings. The van der Waals surface area contributed by atoms with Crippen molar-refractivity contribution in [2.75, 3.05) is 0 Å². The average molecular weight is 260 g/mol. The Morgan fingerprint density at radius 3 is 3.05 bits per heavy atom. The van der Waals surface area contributed by atoms with E-state index in [1.54, 1.807) is 10.7 Å². The number of fused-ring (bicyclic) bond motifs is 1. The van der Waals surface area contributed by atoms with Crippen LogP contribution in [0, 0.1) is 5.82 Å². The number of aliphatic hydroxyl groups is 1. The van der Waals surface area contributed by atoms with E-state index in [4.69, 9.17) is 0 Å². The fourth-order valence-electron chi connectivity index (χ4n) is 2.91. The fourth-order valence-corrected chi connectivity index (χ4v) is 2.91. The standard InChI is InChI=1S/C15H17FN2O/c1-18-10-11(9-17-18)4-6-15(19)7-5-12-8-13(16)2-3-14(12)15/h2-3,8-10,19H,4-7H2,1H3. The molecule has 0 saturated heterocycles. The van der Waals surface area contributed by atoms with Crippen LogP contribution in [0.5, 0.6) is 0 Å². The number of aromatic nitrogens is 2.